The van der Waals surface area contributed by atoms with Gasteiger partial charge >= 0.3 is 0 Å². The van der Waals surface area contributed by atoms with E-state index in [-0.39, 0.29) is 0 Å². The standard InChI is InChI=1S/C56H44O2/c1-57-53-33-31-41(51(37-53)39-55(43-17-7-3-8-18-43)44-19-9-4-10-20-44)27-29-49-35-47-25-15-16-26-48(47)36-50(49)30-28-42-32-34-54(58-2)38-52(42)40-56(45-21-11-5-12-22-45)46-23-13-6-14-24-46/h3-40H,1-2H3/b29-27-,30-28-. The second-order valence-corrected chi connectivity index (χ2v) is 14.1. The fourth-order valence-electron chi connectivity index (χ4n) is 7.29. The first-order chi connectivity index (χ1) is 28.6. The maximum Gasteiger partial charge on any atom is 0.119 e. The average molecular weight is 749 g/mol. The first-order valence-electron chi connectivity index (χ1n) is 19.6. The van der Waals surface area contributed by atoms with Gasteiger partial charge in [-0.2, -0.15) is 0 Å². The third kappa shape index (κ3) is 8.83. The molecule has 0 radical (unpaired) electrons. The molecule has 8 aromatic carbocycles. The van der Waals surface area contributed by atoms with Crippen molar-refractivity contribution in [3.63, 3.8) is 0 Å². The number of hydrogen-bond acceptors (Lipinski definition) is 2. The first kappa shape index (κ1) is 37.5. The minimum absolute atomic E-state index is 0.810. The zero-order chi connectivity index (χ0) is 39.5. The summed E-state index contributed by atoms with van der Waals surface area (Å²) >= 11 is 0. The van der Waals surface area contributed by atoms with Gasteiger partial charge in [-0.25, -0.2) is 0 Å². The Balaban J connectivity index is 1.22. The maximum atomic E-state index is 5.73. The van der Waals surface area contributed by atoms with Gasteiger partial charge in [0.2, 0.25) is 0 Å². The average Bonchev–Trinajstić information content (AvgIpc) is 3.29. The van der Waals surface area contributed by atoms with E-state index >= 15 is 0 Å². The molecule has 8 rings (SSSR count). The van der Waals surface area contributed by atoms with Crippen LogP contribution in [0.4, 0.5) is 0 Å². The molecule has 58 heavy (non-hydrogen) atoms. The summed E-state index contributed by atoms with van der Waals surface area (Å²) < 4.78 is 11.5. The summed E-state index contributed by atoms with van der Waals surface area (Å²) in [6, 6.07) is 67.9. The Hall–Kier alpha value is -7.42. The van der Waals surface area contributed by atoms with Gasteiger partial charge in [-0.05, 0) is 126 Å². The van der Waals surface area contributed by atoms with Gasteiger partial charge in [0, 0.05) is 0 Å². The molecule has 0 saturated heterocycles. The van der Waals surface area contributed by atoms with Crippen LogP contribution in [0.5, 0.6) is 11.5 Å². The SMILES string of the molecule is COc1ccc(/C=C\c2cc3ccccc3cc2/C=C\c2ccc(OC)cc2C=C(c2ccccc2)c2ccccc2)c(C=C(c2ccccc2)c2ccccc2)c1. The fraction of sp³-hybridized carbons (Fsp3) is 0.0357. The predicted molar refractivity (Wildman–Crippen MR) is 248 cm³/mol. The van der Waals surface area contributed by atoms with Gasteiger partial charge in [-0.15, -0.1) is 0 Å². The van der Waals surface area contributed by atoms with Crippen LogP contribution >= 0.6 is 0 Å². The molecule has 0 aromatic heterocycles. The van der Waals surface area contributed by atoms with Gasteiger partial charge in [-0.1, -0.05) is 182 Å². The molecule has 0 heterocycles. The van der Waals surface area contributed by atoms with Crippen molar-refractivity contribution in [2.75, 3.05) is 14.2 Å². The van der Waals surface area contributed by atoms with Crippen molar-refractivity contribution in [3.05, 3.63) is 250 Å². The van der Waals surface area contributed by atoms with Crippen LogP contribution in [0.1, 0.15) is 55.6 Å². The van der Waals surface area contributed by atoms with Crippen molar-refractivity contribution in [2.45, 2.75) is 0 Å². The Morgan fingerprint density at radius 1 is 0.310 bits per heavy atom. The Kier molecular flexibility index (Phi) is 11.7. The summed E-state index contributed by atoms with van der Waals surface area (Å²) in [5.74, 6) is 1.62. The summed E-state index contributed by atoms with van der Waals surface area (Å²) in [7, 11) is 3.44. The summed E-state index contributed by atoms with van der Waals surface area (Å²) in [5, 5.41) is 2.38. The van der Waals surface area contributed by atoms with Crippen molar-refractivity contribution in [2.24, 2.45) is 0 Å². The van der Waals surface area contributed by atoms with E-state index < -0.39 is 0 Å². The zero-order valence-electron chi connectivity index (χ0n) is 32.8. The van der Waals surface area contributed by atoms with Crippen LogP contribution in [0, 0.1) is 0 Å². The van der Waals surface area contributed by atoms with Crippen LogP contribution in [0.3, 0.4) is 0 Å². The molecule has 0 fully saturated rings. The lowest BCUT2D eigenvalue weighted by molar-refractivity contribution is 0.414. The predicted octanol–water partition coefficient (Wildman–Crippen LogP) is 14.4. The smallest absolute Gasteiger partial charge is 0.119 e. The molecule has 8 aromatic rings. The molecule has 0 aliphatic carbocycles. The normalized spacial score (nSPS) is 11.1. The molecule has 0 unspecified atom stereocenters. The van der Waals surface area contributed by atoms with Gasteiger partial charge in [0.25, 0.3) is 0 Å². The largest absolute Gasteiger partial charge is 0.497 e. The minimum Gasteiger partial charge on any atom is -0.497 e. The van der Waals surface area contributed by atoms with E-state index in [2.05, 4.69) is 218 Å². The van der Waals surface area contributed by atoms with E-state index in [4.69, 9.17) is 9.47 Å². The molecule has 0 bridgehead atoms. The monoisotopic (exact) mass is 748 g/mol. The molecule has 0 aliphatic rings. The van der Waals surface area contributed by atoms with Crippen molar-refractivity contribution < 1.29 is 9.47 Å². The number of ether oxygens (including phenoxy) is 2. The molecule has 2 nitrogen and oxygen atoms in total. The summed E-state index contributed by atoms with van der Waals surface area (Å²) in [5.41, 5.74) is 13.4. The van der Waals surface area contributed by atoms with Crippen LogP contribution in [0.2, 0.25) is 0 Å². The Bertz CT molecular complexity index is 2480. The Morgan fingerprint density at radius 3 is 0.948 bits per heavy atom. The molecule has 0 amide bonds. The van der Waals surface area contributed by atoms with Crippen LogP contribution < -0.4 is 9.47 Å². The third-order valence-corrected chi connectivity index (χ3v) is 10.4. The number of rotatable bonds is 12. The highest BCUT2D eigenvalue weighted by Crippen LogP contribution is 2.33. The molecular weight excluding hydrogens is 705 g/mol. The lowest BCUT2D eigenvalue weighted by Gasteiger charge is -2.12. The Morgan fingerprint density at radius 2 is 0.621 bits per heavy atom. The van der Waals surface area contributed by atoms with Crippen LogP contribution in [-0.2, 0) is 0 Å². The number of methoxy groups -OCH3 is 2. The third-order valence-electron chi connectivity index (χ3n) is 10.4. The highest BCUT2D eigenvalue weighted by Gasteiger charge is 2.11. The van der Waals surface area contributed by atoms with Crippen molar-refractivity contribution in [1.29, 1.82) is 0 Å². The first-order valence-corrected chi connectivity index (χ1v) is 19.6. The van der Waals surface area contributed by atoms with Gasteiger partial charge in [0.1, 0.15) is 11.5 Å². The molecule has 2 heteroatoms. The van der Waals surface area contributed by atoms with E-state index in [1.54, 1.807) is 14.2 Å². The molecule has 0 spiro atoms. The van der Waals surface area contributed by atoms with E-state index in [0.29, 0.717) is 0 Å². The van der Waals surface area contributed by atoms with E-state index in [1.165, 1.54) is 10.8 Å². The maximum absolute atomic E-state index is 5.73. The summed E-state index contributed by atoms with van der Waals surface area (Å²) in [6.45, 7) is 0. The summed E-state index contributed by atoms with van der Waals surface area (Å²) in [6.07, 6.45) is 13.4. The Labute approximate surface area is 342 Å². The lowest BCUT2D eigenvalue weighted by atomic mass is 9.93. The summed E-state index contributed by atoms with van der Waals surface area (Å²) in [4.78, 5) is 0. The van der Waals surface area contributed by atoms with Crippen LogP contribution in [0.25, 0.3) is 58.4 Å². The van der Waals surface area contributed by atoms with Crippen molar-refractivity contribution >= 4 is 58.4 Å². The molecular formula is C56H44O2. The van der Waals surface area contributed by atoms with E-state index in [1.807, 2.05) is 12.1 Å². The molecule has 280 valence electrons. The van der Waals surface area contributed by atoms with E-state index in [0.717, 1.165) is 78.3 Å². The number of hydrogen-bond donors (Lipinski definition) is 0. The quantitative estimate of drug-likeness (QED) is 0.116. The number of benzene rings is 8. The molecule has 0 aliphatic heterocycles. The van der Waals surface area contributed by atoms with Gasteiger partial charge in [0.05, 0.1) is 14.2 Å². The number of fused-ring (bicyclic) bond motifs is 1. The topological polar surface area (TPSA) is 18.5 Å². The van der Waals surface area contributed by atoms with Crippen molar-refractivity contribution in [1.82, 2.24) is 0 Å². The van der Waals surface area contributed by atoms with Crippen molar-refractivity contribution in [3.8, 4) is 11.5 Å². The fourth-order valence-corrected chi connectivity index (χ4v) is 7.29. The van der Waals surface area contributed by atoms with Crippen LogP contribution in [-0.4, -0.2) is 14.2 Å². The second kappa shape index (κ2) is 18.0. The molecule has 0 N–H and O–H groups in total. The second-order valence-electron chi connectivity index (χ2n) is 14.1. The van der Waals surface area contributed by atoms with Gasteiger partial charge in [-0.3, -0.25) is 0 Å². The van der Waals surface area contributed by atoms with E-state index in [9.17, 15) is 0 Å². The molecule has 0 atom stereocenters. The zero-order valence-corrected chi connectivity index (χ0v) is 32.8. The van der Waals surface area contributed by atoms with Gasteiger partial charge < -0.3 is 9.47 Å². The highest BCUT2D eigenvalue weighted by atomic mass is 16.5. The highest BCUT2D eigenvalue weighted by molar-refractivity contribution is 5.97. The lowest BCUT2D eigenvalue weighted by Crippen LogP contribution is -1.91. The van der Waals surface area contributed by atoms with Gasteiger partial charge in [0.15, 0.2) is 0 Å². The minimum atomic E-state index is 0.810. The van der Waals surface area contributed by atoms with Crippen LogP contribution in [0.15, 0.2) is 194 Å². The molecule has 0 saturated carbocycles.